The van der Waals surface area contributed by atoms with Gasteiger partial charge in [0.1, 0.15) is 0 Å². The van der Waals surface area contributed by atoms with E-state index in [1.807, 2.05) is 30.3 Å². The zero-order chi connectivity index (χ0) is 9.03. The third-order valence-electron chi connectivity index (χ3n) is 1.52. The second-order valence-corrected chi connectivity index (χ2v) is 4.34. The van der Waals surface area contributed by atoms with Crippen molar-refractivity contribution in [3.05, 3.63) is 35.9 Å². The molecule has 0 aliphatic rings. The van der Waals surface area contributed by atoms with E-state index in [4.69, 9.17) is 5.14 Å². The Morgan fingerprint density at radius 2 is 1.69 bits per heavy atom. The molecule has 0 radical (unpaired) electrons. The average molecular weight is 225 g/mol. The number of rotatable bonds is 3. The maximum absolute atomic E-state index is 10.6. The van der Waals surface area contributed by atoms with Crippen LogP contribution in [0.2, 0.25) is 0 Å². The Labute approximate surface area is 121 Å². The molecule has 3 nitrogen and oxygen atoms in total. The van der Waals surface area contributed by atoms with Crippen LogP contribution in [0.15, 0.2) is 30.3 Å². The molecule has 0 aliphatic heterocycles. The Morgan fingerprint density at radius 1 is 1.15 bits per heavy atom. The zero-order valence-electron chi connectivity index (χ0n) is 6.60. The van der Waals surface area contributed by atoms with Crippen molar-refractivity contribution in [2.45, 2.75) is 6.42 Å². The van der Waals surface area contributed by atoms with Crippen LogP contribution in [0.3, 0.4) is 0 Å². The third kappa shape index (κ3) is 6.79. The van der Waals surface area contributed by atoms with Crippen LogP contribution < -0.4 is 5.14 Å². The van der Waals surface area contributed by atoms with Crippen molar-refractivity contribution in [2.75, 3.05) is 5.75 Å². The Bertz CT molecular complexity index is 336. The standard InChI is InChI=1S/C8H11NO2S.K.H/c9-12(10,11)7-6-8-4-2-1-3-5-8;;/h1-5H,6-7H2,(H2,9,10,11);;. The molecule has 2 N–H and O–H groups in total. The molecule has 13 heavy (non-hydrogen) atoms. The summed E-state index contributed by atoms with van der Waals surface area (Å²) in [7, 11) is -3.32. The molecule has 0 saturated carbocycles. The van der Waals surface area contributed by atoms with Crippen LogP contribution >= 0.6 is 0 Å². The van der Waals surface area contributed by atoms with Gasteiger partial charge < -0.3 is 0 Å². The molecule has 1 aromatic carbocycles. The molecule has 1 aromatic rings. The summed E-state index contributed by atoms with van der Waals surface area (Å²) in [6, 6.07) is 9.40. The minimum absolute atomic E-state index is 0. The third-order valence-corrected chi connectivity index (χ3v) is 2.29. The summed E-state index contributed by atoms with van der Waals surface area (Å²) < 4.78 is 21.2. The summed E-state index contributed by atoms with van der Waals surface area (Å²) in [5, 5.41) is 4.86. The van der Waals surface area contributed by atoms with Crippen LogP contribution in [-0.4, -0.2) is 65.6 Å². The molecule has 68 valence electrons. The molecular weight excluding hydrogens is 213 g/mol. The molecule has 1 rings (SSSR count). The van der Waals surface area contributed by atoms with E-state index in [9.17, 15) is 8.42 Å². The molecule has 0 unspecified atom stereocenters. The van der Waals surface area contributed by atoms with Gasteiger partial charge in [-0.15, -0.1) is 0 Å². The first-order chi connectivity index (χ1) is 5.58. The van der Waals surface area contributed by atoms with Crippen LogP contribution in [0.5, 0.6) is 0 Å². The number of benzene rings is 1. The maximum atomic E-state index is 10.6. The summed E-state index contributed by atoms with van der Waals surface area (Å²) >= 11 is 0. The van der Waals surface area contributed by atoms with Gasteiger partial charge in [0.05, 0.1) is 5.75 Å². The van der Waals surface area contributed by atoms with Crippen LogP contribution in [0, 0.1) is 0 Å². The second kappa shape index (κ2) is 6.29. The van der Waals surface area contributed by atoms with Gasteiger partial charge in [0, 0.05) is 0 Å². The minimum atomic E-state index is -3.32. The summed E-state index contributed by atoms with van der Waals surface area (Å²) in [5.41, 5.74) is 0.992. The van der Waals surface area contributed by atoms with E-state index in [1.54, 1.807) is 0 Å². The van der Waals surface area contributed by atoms with E-state index in [1.165, 1.54) is 0 Å². The van der Waals surface area contributed by atoms with Gasteiger partial charge >= 0.3 is 51.4 Å². The van der Waals surface area contributed by atoms with Gasteiger partial charge in [0.2, 0.25) is 10.0 Å². The van der Waals surface area contributed by atoms with Crippen molar-refractivity contribution in [3.63, 3.8) is 0 Å². The van der Waals surface area contributed by atoms with Gasteiger partial charge in [0.25, 0.3) is 0 Å². The van der Waals surface area contributed by atoms with E-state index in [0.717, 1.165) is 5.56 Å². The summed E-state index contributed by atoms with van der Waals surface area (Å²) in [5.74, 6) is 0.0109. The van der Waals surface area contributed by atoms with Crippen LogP contribution in [0.25, 0.3) is 0 Å². The van der Waals surface area contributed by atoms with Crippen LogP contribution in [-0.2, 0) is 16.4 Å². The molecule has 0 amide bonds. The second-order valence-electron chi connectivity index (χ2n) is 2.60. The van der Waals surface area contributed by atoms with Crippen molar-refractivity contribution >= 4 is 61.4 Å². The van der Waals surface area contributed by atoms with E-state index in [2.05, 4.69) is 0 Å². The zero-order valence-corrected chi connectivity index (χ0v) is 7.42. The Morgan fingerprint density at radius 3 is 2.15 bits per heavy atom. The van der Waals surface area contributed by atoms with Gasteiger partial charge in [-0.1, -0.05) is 30.3 Å². The average Bonchev–Trinajstić information content (AvgIpc) is 2.02. The Kier molecular flexibility index (Phi) is 6.66. The first-order valence-corrected chi connectivity index (χ1v) is 5.34. The van der Waals surface area contributed by atoms with Crippen molar-refractivity contribution in [1.82, 2.24) is 0 Å². The molecule has 0 fully saturated rings. The quantitative estimate of drug-likeness (QED) is 0.728. The van der Waals surface area contributed by atoms with E-state index >= 15 is 0 Å². The Balaban J connectivity index is 0.00000144. The molecule has 5 heteroatoms. The Hall–Kier alpha value is 0.766. The normalized spacial score (nSPS) is 10.5. The molecule has 0 spiro atoms. The van der Waals surface area contributed by atoms with Crippen molar-refractivity contribution in [2.24, 2.45) is 5.14 Å². The van der Waals surface area contributed by atoms with Crippen LogP contribution in [0.1, 0.15) is 5.56 Å². The first kappa shape index (κ1) is 13.8. The predicted molar refractivity (Wildman–Crippen MR) is 55.3 cm³/mol. The molecule has 0 heterocycles. The van der Waals surface area contributed by atoms with Crippen LogP contribution in [0.4, 0.5) is 0 Å². The molecule has 0 bridgehead atoms. The fourth-order valence-electron chi connectivity index (χ4n) is 0.905. The summed E-state index contributed by atoms with van der Waals surface area (Å²) in [6.07, 6.45) is 0.486. The van der Waals surface area contributed by atoms with Gasteiger partial charge in [-0.3, -0.25) is 0 Å². The SMILES string of the molecule is NS(=O)(=O)CCc1ccccc1.[KH]. The van der Waals surface area contributed by atoms with Gasteiger partial charge in [0.15, 0.2) is 0 Å². The van der Waals surface area contributed by atoms with Gasteiger partial charge in [-0.2, -0.15) is 0 Å². The number of hydrogen-bond acceptors (Lipinski definition) is 2. The predicted octanol–water partition coefficient (Wildman–Crippen LogP) is -0.131. The first-order valence-electron chi connectivity index (χ1n) is 3.62. The molecular formula is C8H12KNO2S. The number of aryl methyl sites for hydroxylation is 1. The number of primary sulfonamides is 1. The fraction of sp³-hybridized carbons (Fsp3) is 0.250. The number of sulfonamides is 1. The monoisotopic (exact) mass is 225 g/mol. The van der Waals surface area contributed by atoms with Gasteiger partial charge in [-0.05, 0) is 12.0 Å². The van der Waals surface area contributed by atoms with E-state index in [-0.39, 0.29) is 57.1 Å². The van der Waals surface area contributed by atoms with Crippen molar-refractivity contribution in [3.8, 4) is 0 Å². The number of hydrogen-bond donors (Lipinski definition) is 1. The van der Waals surface area contributed by atoms with E-state index < -0.39 is 10.0 Å². The fourth-order valence-corrected chi connectivity index (χ4v) is 1.43. The molecule has 0 aromatic heterocycles. The summed E-state index contributed by atoms with van der Waals surface area (Å²) in [4.78, 5) is 0. The molecule has 0 aliphatic carbocycles. The van der Waals surface area contributed by atoms with Crippen molar-refractivity contribution in [1.29, 1.82) is 0 Å². The van der Waals surface area contributed by atoms with Crippen molar-refractivity contribution < 1.29 is 8.42 Å². The number of nitrogens with two attached hydrogens (primary N) is 1. The topological polar surface area (TPSA) is 60.2 Å². The summed E-state index contributed by atoms with van der Waals surface area (Å²) in [6.45, 7) is 0. The van der Waals surface area contributed by atoms with Gasteiger partial charge in [-0.25, -0.2) is 13.6 Å². The molecule has 0 atom stereocenters. The molecule has 0 saturated heterocycles. The van der Waals surface area contributed by atoms with E-state index in [0.29, 0.717) is 6.42 Å².